The number of carbonyl (C=O) groups is 2. The van der Waals surface area contributed by atoms with E-state index >= 15 is 0 Å². The molecule has 1 saturated heterocycles. The highest BCUT2D eigenvalue weighted by molar-refractivity contribution is 5.89. The maximum Gasteiger partial charge on any atom is 0.256 e. The van der Waals surface area contributed by atoms with Gasteiger partial charge in [-0.05, 0) is 42.7 Å². The average molecular weight is 412 g/mol. The third kappa shape index (κ3) is 4.68. The predicted octanol–water partition coefficient (Wildman–Crippen LogP) is 1.75. The molecule has 1 aliphatic rings. The van der Waals surface area contributed by atoms with Gasteiger partial charge in [0.25, 0.3) is 11.8 Å². The van der Waals surface area contributed by atoms with E-state index in [2.05, 4.69) is 4.98 Å². The Morgan fingerprint density at radius 1 is 1.20 bits per heavy atom. The Morgan fingerprint density at radius 2 is 1.90 bits per heavy atom. The van der Waals surface area contributed by atoms with Crippen LogP contribution in [0.2, 0.25) is 0 Å². The lowest BCUT2D eigenvalue weighted by atomic mass is 9.89. The highest BCUT2D eigenvalue weighted by Crippen LogP contribution is 2.29. The molecule has 1 atom stereocenters. The van der Waals surface area contributed by atoms with E-state index in [-0.39, 0.29) is 19.1 Å². The molecule has 1 unspecified atom stereocenters. The minimum absolute atomic E-state index is 0.0896. The standard InChI is InChI=1S/C23H29N3O4/c1-22(2,29)20(27)26-12-13-30-23(16-26,21(28)25(3)4)15-17-6-5-7-19(14-17)18-8-10-24-11-9-18/h5-11,14,29H,12-13,15-16H2,1-4H3. The Morgan fingerprint density at radius 3 is 2.53 bits per heavy atom. The fourth-order valence-electron chi connectivity index (χ4n) is 3.80. The molecular formula is C23H29N3O4. The Hall–Kier alpha value is -2.77. The molecule has 2 amide bonds. The molecule has 160 valence electrons. The van der Waals surface area contributed by atoms with E-state index in [9.17, 15) is 14.7 Å². The summed E-state index contributed by atoms with van der Waals surface area (Å²) in [7, 11) is 3.36. The second kappa shape index (κ2) is 8.53. The summed E-state index contributed by atoms with van der Waals surface area (Å²) in [5.41, 5.74) is 0.258. The third-order valence-electron chi connectivity index (χ3n) is 5.22. The first-order valence-electron chi connectivity index (χ1n) is 9.99. The zero-order valence-corrected chi connectivity index (χ0v) is 18.0. The number of morpholine rings is 1. The van der Waals surface area contributed by atoms with Crippen molar-refractivity contribution in [1.29, 1.82) is 0 Å². The number of benzene rings is 1. The van der Waals surface area contributed by atoms with E-state index in [0.29, 0.717) is 13.0 Å². The first-order valence-corrected chi connectivity index (χ1v) is 9.99. The van der Waals surface area contributed by atoms with Gasteiger partial charge in [-0.25, -0.2) is 0 Å². The first kappa shape index (κ1) is 21.9. The summed E-state index contributed by atoms with van der Waals surface area (Å²) in [6.07, 6.45) is 3.80. The van der Waals surface area contributed by atoms with Crippen LogP contribution in [-0.2, 0) is 20.7 Å². The van der Waals surface area contributed by atoms with Crippen LogP contribution in [-0.4, -0.2) is 76.7 Å². The normalized spacial score (nSPS) is 19.4. The van der Waals surface area contributed by atoms with Gasteiger partial charge in [0, 0.05) is 39.5 Å². The predicted molar refractivity (Wildman–Crippen MR) is 114 cm³/mol. The van der Waals surface area contributed by atoms with Crippen molar-refractivity contribution in [1.82, 2.24) is 14.8 Å². The maximum atomic E-state index is 13.2. The summed E-state index contributed by atoms with van der Waals surface area (Å²) in [5.74, 6) is -0.614. The van der Waals surface area contributed by atoms with Crippen molar-refractivity contribution in [2.75, 3.05) is 33.8 Å². The van der Waals surface area contributed by atoms with Gasteiger partial charge in [0.15, 0.2) is 5.60 Å². The van der Waals surface area contributed by atoms with Crippen LogP contribution < -0.4 is 0 Å². The summed E-state index contributed by atoms with van der Waals surface area (Å²) in [6.45, 7) is 3.57. The number of aliphatic hydroxyl groups is 1. The number of likely N-dealkylation sites (N-methyl/N-ethyl adjacent to an activating group) is 1. The fraction of sp³-hybridized carbons (Fsp3) is 0.435. The molecule has 1 N–H and O–H groups in total. The Balaban J connectivity index is 1.93. The summed E-state index contributed by atoms with van der Waals surface area (Å²) < 4.78 is 6.05. The number of ether oxygens (including phenoxy) is 1. The van der Waals surface area contributed by atoms with Crippen molar-refractivity contribution in [3.05, 3.63) is 54.4 Å². The van der Waals surface area contributed by atoms with Crippen LogP contribution in [0, 0.1) is 0 Å². The van der Waals surface area contributed by atoms with Gasteiger partial charge >= 0.3 is 0 Å². The maximum absolute atomic E-state index is 13.2. The van der Waals surface area contributed by atoms with E-state index in [1.165, 1.54) is 23.6 Å². The third-order valence-corrected chi connectivity index (χ3v) is 5.22. The molecule has 2 heterocycles. The molecule has 0 saturated carbocycles. The topological polar surface area (TPSA) is 83.0 Å². The summed E-state index contributed by atoms with van der Waals surface area (Å²) in [6, 6.07) is 11.8. The van der Waals surface area contributed by atoms with Crippen molar-refractivity contribution in [2.24, 2.45) is 0 Å². The largest absolute Gasteiger partial charge is 0.381 e. The number of rotatable bonds is 5. The molecule has 1 aromatic carbocycles. The van der Waals surface area contributed by atoms with Gasteiger partial charge in [-0.2, -0.15) is 0 Å². The van der Waals surface area contributed by atoms with Crippen LogP contribution >= 0.6 is 0 Å². The molecule has 7 nitrogen and oxygen atoms in total. The zero-order chi connectivity index (χ0) is 21.9. The van der Waals surface area contributed by atoms with Crippen LogP contribution in [0.3, 0.4) is 0 Å². The van der Waals surface area contributed by atoms with Gasteiger partial charge in [-0.15, -0.1) is 0 Å². The van der Waals surface area contributed by atoms with Crippen molar-refractivity contribution in [3.8, 4) is 11.1 Å². The number of pyridine rings is 1. The zero-order valence-electron chi connectivity index (χ0n) is 18.0. The molecule has 0 aliphatic carbocycles. The smallest absolute Gasteiger partial charge is 0.256 e. The molecule has 0 bridgehead atoms. The molecule has 2 aromatic rings. The second-order valence-corrected chi connectivity index (χ2v) is 8.44. The average Bonchev–Trinajstić information content (AvgIpc) is 2.73. The Labute approximate surface area is 177 Å². The van der Waals surface area contributed by atoms with Gasteiger partial charge in [0.1, 0.15) is 5.60 Å². The lowest BCUT2D eigenvalue weighted by Crippen LogP contribution is -2.63. The summed E-state index contributed by atoms with van der Waals surface area (Å²) in [5, 5.41) is 10.2. The van der Waals surface area contributed by atoms with Crippen molar-refractivity contribution in [3.63, 3.8) is 0 Å². The molecule has 0 radical (unpaired) electrons. The quantitative estimate of drug-likeness (QED) is 0.811. The van der Waals surface area contributed by atoms with E-state index in [4.69, 9.17) is 4.74 Å². The first-order chi connectivity index (χ1) is 14.1. The highest BCUT2D eigenvalue weighted by Gasteiger charge is 2.47. The van der Waals surface area contributed by atoms with E-state index in [1.54, 1.807) is 26.5 Å². The van der Waals surface area contributed by atoms with E-state index in [1.807, 2.05) is 36.4 Å². The number of amides is 2. The minimum atomic E-state index is -1.51. The van der Waals surface area contributed by atoms with Crippen LogP contribution in [0.1, 0.15) is 19.4 Å². The SMILES string of the molecule is CN(C)C(=O)C1(Cc2cccc(-c3ccncc3)c2)CN(C(=O)C(C)(C)O)CCO1. The van der Waals surface area contributed by atoms with Crippen LogP contribution in [0.15, 0.2) is 48.8 Å². The van der Waals surface area contributed by atoms with Gasteiger partial charge < -0.3 is 19.6 Å². The molecule has 30 heavy (non-hydrogen) atoms. The second-order valence-electron chi connectivity index (χ2n) is 8.44. The number of aromatic nitrogens is 1. The van der Waals surface area contributed by atoms with Crippen LogP contribution in [0.4, 0.5) is 0 Å². The van der Waals surface area contributed by atoms with Gasteiger partial charge in [-0.1, -0.05) is 24.3 Å². The molecule has 1 aromatic heterocycles. The molecule has 1 aliphatic heterocycles. The molecule has 3 rings (SSSR count). The van der Waals surface area contributed by atoms with Crippen molar-refractivity contribution in [2.45, 2.75) is 31.5 Å². The lowest BCUT2D eigenvalue weighted by molar-refractivity contribution is -0.178. The van der Waals surface area contributed by atoms with Gasteiger partial charge in [-0.3, -0.25) is 14.6 Å². The summed E-state index contributed by atoms with van der Waals surface area (Å²) in [4.78, 5) is 32.9. The lowest BCUT2D eigenvalue weighted by Gasteiger charge is -2.44. The molecular weight excluding hydrogens is 382 g/mol. The Bertz CT molecular complexity index is 908. The monoisotopic (exact) mass is 411 g/mol. The van der Waals surface area contributed by atoms with Crippen LogP contribution in [0.25, 0.3) is 11.1 Å². The van der Waals surface area contributed by atoms with Gasteiger partial charge in [0.05, 0.1) is 13.2 Å². The fourth-order valence-corrected chi connectivity index (χ4v) is 3.80. The van der Waals surface area contributed by atoms with Crippen LogP contribution in [0.5, 0.6) is 0 Å². The van der Waals surface area contributed by atoms with Crippen molar-refractivity contribution >= 4 is 11.8 Å². The van der Waals surface area contributed by atoms with Crippen molar-refractivity contribution < 1.29 is 19.4 Å². The summed E-state index contributed by atoms with van der Waals surface area (Å²) >= 11 is 0. The molecule has 1 fully saturated rings. The number of carbonyl (C=O) groups excluding carboxylic acids is 2. The number of nitrogens with zero attached hydrogens (tertiary/aromatic N) is 3. The highest BCUT2D eigenvalue weighted by atomic mass is 16.5. The van der Waals surface area contributed by atoms with Gasteiger partial charge in [0.2, 0.25) is 0 Å². The number of hydrogen-bond acceptors (Lipinski definition) is 5. The molecule has 7 heteroatoms. The minimum Gasteiger partial charge on any atom is -0.381 e. The molecule has 0 spiro atoms. The van der Waals surface area contributed by atoms with E-state index in [0.717, 1.165) is 16.7 Å². The number of hydrogen-bond donors (Lipinski definition) is 1. The van der Waals surface area contributed by atoms with E-state index < -0.39 is 17.1 Å². The Kier molecular flexibility index (Phi) is 6.24.